The van der Waals surface area contributed by atoms with Gasteiger partial charge < -0.3 is 5.73 Å². The molecule has 0 aliphatic heterocycles. The first-order valence-electron chi connectivity index (χ1n) is 4.47. The summed E-state index contributed by atoms with van der Waals surface area (Å²) in [6, 6.07) is 2.82. The first-order chi connectivity index (χ1) is 7.89. The van der Waals surface area contributed by atoms with Crippen molar-refractivity contribution in [2.24, 2.45) is 0 Å². The number of alkyl halides is 3. The van der Waals surface area contributed by atoms with Crippen molar-refractivity contribution >= 4 is 16.5 Å². The van der Waals surface area contributed by atoms with Crippen LogP contribution >= 0.6 is 11.3 Å². The van der Waals surface area contributed by atoms with Crippen LogP contribution in [0.4, 0.5) is 22.7 Å². The van der Waals surface area contributed by atoms with Gasteiger partial charge in [-0.2, -0.15) is 13.2 Å². The molecule has 0 saturated heterocycles. The Balaban J connectivity index is 2.67. The van der Waals surface area contributed by atoms with E-state index in [1.165, 1.54) is 0 Å². The molecule has 2 N–H and O–H groups in total. The van der Waals surface area contributed by atoms with Gasteiger partial charge in [0.25, 0.3) is 0 Å². The summed E-state index contributed by atoms with van der Waals surface area (Å²) < 4.78 is 51.6. The molecule has 17 heavy (non-hydrogen) atoms. The molecule has 0 fully saturated rings. The quantitative estimate of drug-likeness (QED) is 0.798. The molecule has 1 aromatic heterocycles. The Hall–Kier alpha value is -1.63. The highest BCUT2D eigenvalue weighted by Crippen LogP contribution is 2.40. The van der Waals surface area contributed by atoms with Crippen LogP contribution in [0.3, 0.4) is 0 Å². The van der Waals surface area contributed by atoms with Crippen LogP contribution in [0.2, 0.25) is 0 Å². The topological polar surface area (TPSA) is 38.9 Å². The van der Waals surface area contributed by atoms with E-state index < -0.39 is 23.1 Å². The van der Waals surface area contributed by atoms with Gasteiger partial charge in [-0.3, -0.25) is 0 Å². The van der Waals surface area contributed by atoms with Gasteiger partial charge in [0.05, 0.1) is 10.4 Å². The summed E-state index contributed by atoms with van der Waals surface area (Å²) in [4.78, 5) is 3.68. The third-order valence-electron chi connectivity index (χ3n) is 2.09. The number of halogens is 4. The first-order valence-corrected chi connectivity index (χ1v) is 5.28. The second-order valence-corrected chi connectivity index (χ2v) is 4.29. The standard InChI is InChI=1S/C10H6F4N2S/c11-6-3-1-2-5(10(12,13)14)8(6)7-4-16-9(15)17-7/h1-4H,(H2,15,16). The Morgan fingerprint density at radius 3 is 2.47 bits per heavy atom. The Morgan fingerprint density at radius 2 is 1.94 bits per heavy atom. The molecule has 2 nitrogen and oxygen atoms in total. The molecule has 0 amide bonds. The maximum absolute atomic E-state index is 13.5. The van der Waals surface area contributed by atoms with Crippen molar-refractivity contribution in [1.82, 2.24) is 4.98 Å². The highest BCUT2D eigenvalue weighted by Gasteiger charge is 2.35. The summed E-state index contributed by atoms with van der Waals surface area (Å²) in [7, 11) is 0. The SMILES string of the molecule is Nc1ncc(-c2c(F)cccc2C(F)(F)F)s1. The minimum atomic E-state index is -4.61. The van der Waals surface area contributed by atoms with Gasteiger partial charge in [-0.05, 0) is 12.1 Å². The Labute approximate surface area is 97.7 Å². The average molecular weight is 262 g/mol. The van der Waals surface area contributed by atoms with Gasteiger partial charge in [0.1, 0.15) is 5.82 Å². The van der Waals surface area contributed by atoms with Crippen LogP contribution in [-0.2, 0) is 6.18 Å². The Kier molecular flexibility index (Phi) is 2.78. The summed E-state index contributed by atoms with van der Waals surface area (Å²) in [5.74, 6) is -0.941. The molecule has 0 saturated carbocycles. The van der Waals surface area contributed by atoms with E-state index in [4.69, 9.17) is 5.73 Å². The number of hydrogen-bond acceptors (Lipinski definition) is 3. The predicted octanol–water partition coefficient (Wildman–Crippen LogP) is 3.55. The van der Waals surface area contributed by atoms with Crippen LogP contribution in [0, 0.1) is 5.82 Å². The molecule has 1 heterocycles. The highest BCUT2D eigenvalue weighted by molar-refractivity contribution is 7.18. The molecule has 90 valence electrons. The summed E-state index contributed by atoms with van der Waals surface area (Å²) >= 11 is 0.812. The van der Waals surface area contributed by atoms with Crippen molar-refractivity contribution in [3.63, 3.8) is 0 Å². The fourth-order valence-electron chi connectivity index (χ4n) is 1.41. The smallest absolute Gasteiger partial charge is 0.375 e. The lowest BCUT2D eigenvalue weighted by molar-refractivity contribution is -0.137. The average Bonchev–Trinajstić information content (AvgIpc) is 2.63. The monoisotopic (exact) mass is 262 g/mol. The van der Waals surface area contributed by atoms with E-state index >= 15 is 0 Å². The molecule has 1 aromatic carbocycles. The van der Waals surface area contributed by atoms with E-state index in [1.807, 2.05) is 0 Å². The largest absolute Gasteiger partial charge is 0.417 e. The van der Waals surface area contributed by atoms with Crippen molar-refractivity contribution in [2.75, 3.05) is 5.73 Å². The number of benzene rings is 1. The van der Waals surface area contributed by atoms with Crippen LogP contribution in [0.25, 0.3) is 10.4 Å². The van der Waals surface area contributed by atoms with Crippen molar-refractivity contribution in [3.05, 3.63) is 35.8 Å². The van der Waals surface area contributed by atoms with Gasteiger partial charge in [0, 0.05) is 11.8 Å². The maximum atomic E-state index is 13.5. The van der Waals surface area contributed by atoms with Crippen LogP contribution in [0.1, 0.15) is 5.56 Å². The van der Waals surface area contributed by atoms with Gasteiger partial charge in [-0.15, -0.1) is 0 Å². The highest BCUT2D eigenvalue weighted by atomic mass is 32.1. The Bertz CT molecular complexity index is 547. The number of nitrogens with zero attached hydrogens (tertiary/aromatic N) is 1. The van der Waals surface area contributed by atoms with Crippen LogP contribution in [0.15, 0.2) is 24.4 Å². The van der Waals surface area contributed by atoms with Crippen molar-refractivity contribution in [2.45, 2.75) is 6.18 Å². The number of thiazole rings is 1. The minimum absolute atomic E-state index is 0.0629. The van der Waals surface area contributed by atoms with E-state index in [2.05, 4.69) is 4.98 Å². The molecule has 0 aliphatic rings. The number of nitrogen functional groups attached to an aromatic ring is 1. The molecular weight excluding hydrogens is 256 g/mol. The zero-order chi connectivity index (χ0) is 12.6. The molecule has 0 aliphatic carbocycles. The maximum Gasteiger partial charge on any atom is 0.417 e. The Morgan fingerprint density at radius 1 is 1.24 bits per heavy atom. The number of rotatable bonds is 1. The van der Waals surface area contributed by atoms with E-state index in [0.717, 1.165) is 35.7 Å². The first kappa shape index (κ1) is 11.8. The van der Waals surface area contributed by atoms with Gasteiger partial charge in [0.15, 0.2) is 5.13 Å². The number of anilines is 1. The van der Waals surface area contributed by atoms with Crippen LogP contribution in [0.5, 0.6) is 0 Å². The van der Waals surface area contributed by atoms with E-state index in [0.29, 0.717) is 0 Å². The third-order valence-corrected chi connectivity index (χ3v) is 2.93. The molecule has 0 radical (unpaired) electrons. The molecule has 2 aromatic rings. The summed E-state index contributed by atoms with van der Waals surface area (Å²) in [6.45, 7) is 0. The van der Waals surface area contributed by atoms with Gasteiger partial charge in [-0.25, -0.2) is 9.37 Å². The molecule has 0 unspecified atom stereocenters. The fourth-order valence-corrected chi connectivity index (χ4v) is 2.16. The van der Waals surface area contributed by atoms with Crippen molar-refractivity contribution in [3.8, 4) is 10.4 Å². The molecular formula is C10H6F4N2S. The third kappa shape index (κ3) is 2.23. The normalized spacial score (nSPS) is 11.8. The fraction of sp³-hybridized carbons (Fsp3) is 0.100. The molecule has 7 heteroatoms. The van der Waals surface area contributed by atoms with Crippen molar-refractivity contribution < 1.29 is 17.6 Å². The second kappa shape index (κ2) is 3.99. The molecule has 0 bridgehead atoms. The van der Waals surface area contributed by atoms with E-state index in [1.54, 1.807) is 0 Å². The number of nitrogens with two attached hydrogens (primary N) is 1. The lowest BCUT2D eigenvalue weighted by Gasteiger charge is -2.11. The van der Waals surface area contributed by atoms with Gasteiger partial charge in [-0.1, -0.05) is 17.4 Å². The van der Waals surface area contributed by atoms with Crippen LogP contribution in [-0.4, -0.2) is 4.98 Å². The zero-order valence-corrected chi connectivity index (χ0v) is 9.07. The zero-order valence-electron chi connectivity index (χ0n) is 8.25. The lowest BCUT2D eigenvalue weighted by Crippen LogP contribution is -2.07. The second-order valence-electron chi connectivity index (χ2n) is 3.22. The van der Waals surface area contributed by atoms with Crippen LogP contribution < -0.4 is 5.73 Å². The number of aromatic nitrogens is 1. The summed E-state index contributed by atoms with van der Waals surface area (Å²) in [5.41, 5.74) is 3.80. The summed E-state index contributed by atoms with van der Waals surface area (Å²) in [6.07, 6.45) is -3.48. The van der Waals surface area contributed by atoms with Gasteiger partial charge in [0.2, 0.25) is 0 Å². The van der Waals surface area contributed by atoms with E-state index in [-0.39, 0.29) is 10.0 Å². The number of hydrogen-bond donors (Lipinski definition) is 1. The summed E-state index contributed by atoms with van der Waals surface area (Å²) in [5, 5.41) is 0.0939. The predicted molar refractivity (Wildman–Crippen MR) is 56.9 cm³/mol. The lowest BCUT2D eigenvalue weighted by atomic mass is 10.1. The van der Waals surface area contributed by atoms with E-state index in [9.17, 15) is 17.6 Å². The molecule has 0 spiro atoms. The van der Waals surface area contributed by atoms with Crippen molar-refractivity contribution in [1.29, 1.82) is 0 Å². The minimum Gasteiger partial charge on any atom is -0.375 e. The molecule has 0 atom stereocenters. The van der Waals surface area contributed by atoms with Gasteiger partial charge >= 0.3 is 6.18 Å². The molecule has 2 rings (SSSR count).